The van der Waals surface area contributed by atoms with Crippen molar-refractivity contribution in [3.8, 4) is 33.6 Å². The van der Waals surface area contributed by atoms with Crippen LogP contribution < -0.4 is 10.6 Å². The lowest BCUT2D eigenvalue weighted by molar-refractivity contribution is -0.138. The highest BCUT2D eigenvalue weighted by molar-refractivity contribution is 6.02. The predicted octanol–water partition coefficient (Wildman–Crippen LogP) is 6.88. The van der Waals surface area contributed by atoms with Gasteiger partial charge in [-0.3, -0.25) is 9.59 Å². The fraction of sp³-hybridized carbons (Fsp3) is 0.442. The van der Waals surface area contributed by atoms with Gasteiger partial charge in [-0.2, -0.15) is 0 Å². The van der Waals surface area contributed by atoms with Crippen LogP contribution in [-0.2, 0) is 24.6 Å². The zero-order valence-corrected chi connectivity index (χ0v) is 34.1. The largest absolute Gasteiger partial charge is 0.453 e. The van der Waals surface area contributed by atoms with Crippen molar-refractivity contribution in [2.45, 2.75) is 84.0 Å². The first kappa shape index (κ1) is 40.1. The average molecular weight is 792 g/mol. The lowest BCUT2D eigenvalue weighted by atomic mass is 9.95. The Balaban J connectivity index is 1.09. The van der Waals surface area contributed by atoms with Gasteiger partial charge >= 0.3 is 12.2 Å². The van der Waals surface area contributed by atoms with Gasteiger partial charge in [0.1, 0.15) is 23.7 Å². The number of hydrogen-bond acceptors (Lipinski definition) is 8. The first-order valence-corrected chi connectivity index (χ1v) is 20.0. The molecule has 0 aliphatic carbocycles. The van der Waals surface area contributed by atoms with Crippen molar-refractivity contribution in [2.24, 2.45) is 11.8 Å². The van der Waals surface area contributed by atoms with Gasteiger partial charge in [0.25, 0.3) is 0 Å². The summed E-state index contributed by atoms with van der Waals surface area (Å²) in [7, 11) is 2.58. The van der Waals surface area contributed by atoms with Gasteiger partial charge in [0.05, 0.1) is 55.1 Å². The zero-order valence-electron chi connectivity index (χ0n) is 34.1. The van der Waals surface area contributed by atoms with Crippen LogP contribution in [-0.4, -0.2) is 98.1 Å². The molecule has 0 radical (unpaired) electrons. The molecule has 306 valence electrons. The van der Waals surface area contributed by atoms with Crippen molar-refractivity contribution in [2.75, 3.05) is 27.3 Å². The Hall–Kier alpha value is -6.12. The third kappa shape index (κ3) is 7.52. The molecule has 2 aromatic carbocycles. The number of amides is 4. The normalized spacial score (nSPS) is 19.2. The summed E-state index contributed by atoms with van der Waals surface area (Å²) in [5.74, 6) is 0.859. The lowest BCUT2D eigenvalue weighted by Gasteiger charge is -2.37. The Bertz CT molecular complexity index is 2290. The number of aromatic nitrogens is 5. The SMILES string of the molecule is COC(=O)N[C@H](C(=O)N1CCC[C@H]1c1ncc(-c2ccc(-c3ccc(-c4cnc([C@]5(C)CCCN5C(=O)[C@@H](NC(=O)OC)C(C)C)[nH]4)c4[nH]ccc34)cc2)[nH]1)C(C)C. The van der Waals surface area contributed by atoms with Gasteiger partial charge in [-0.25, -0.2) is 19.6 Å². The van der Waals surface area contributed by atoms with Crippen molar-refractivity contribution < 1.29 is 28.7 Å². The topological polar surface area (TPSA) is 190 Å². The third-order valence-corrected chi connectivity index (χ3v) is 11.7. The summed E-state index contributed by atoms with van der Waals surface area (Å²) < 4.78 is 9.57. The molecule has 2 saturated heterocycles. The fourth-order valence-electron chi connectivity index (χ4n) is 8.47. The average Bonchev–Trinajstić information content (AvgIpc) is 4.07. The van der Waals surface area contributed by atoms with Crippen LogP contribution in [0.15, 0.2) is 61.1 Å². The summed E-state index contributed by atoms with van der Waals surface area (Å²) in [6.07, 6.45) is 7.45. The van der Waals surface area contributed by atoms with E-state index >= 15 is 0 Å². The maximum Gasteiger partial charge on any atom is 0.407 e. The number of benzene rings is 2. The number of H-pyrrole nitrogens is 3. The number of nitrogens with zero attached hydrogens (tertiary/aromatic N) is 4. The molecule has 15 heteroatoms. The van der Waals surface area contributed by atoms with Gasteiger partial charge in [0.15, 0.2) is 0 Å². The second kappa shape index (κ2) is 16.4. The van der Waals surface area contributed by atoms with E-state index in [9.17, 15) is 19.2 Å². The fourth-order valence-corrected chi connectivity index (χ4v) is 8.47. The Kier molecular flexibility index (Phi) is 11.3. The summed E-state index contributed by atoms with van der Waals surface area (Å²) in [5, 5.41) is 6.47. The van der Waals surface area contributed by atoms with E-state index in [-0.39, 0.29) is 29.7 Å². The van der Waals surface area contributed by atoms with E-state index in [1.807, 2.05) is 56.8 Å². The molecule has 2 aliphatic rings. The van der Waals surface area contributed by atoms with Gasteiger partial charge in [0.2, 0.25) is 11.8 Å². The Morgan fingerprint density at radius 1 is 0.776 bits per heavy atom. The van der Waals surface area contributed by atoms with E-state index in [4.69, 9.17) is 19.4 Å². The number of carbonyl (C=O) groups excluding carboxylic acids is 4. The molecule has 0 unspecified atom stereocenters. The van der Waals surface area contributed by atoms with Crippen molar-refractivity contribution in [3.63, 3.8) is 0 Å². The molecule has 5 N–H and O–H groups in total. The first-order chi connectivity index (χ1) is 27.8. The molecule has 2 fully saturated rings. The molecule has 4 amide bonds. The molecule has 4 atom stereocenters. The minimum atomic E-state index is -0.724. The molecule has 5 heterocycles. The Morgan fingerprint density at radius 3 is 2.09 bits per heavy atom. The number of carbonyl (C=O) groups is 4. The van der Waals surface area contributed by atoms with Crippen LogP contribution in [0.2, 0.25) is 0 Å². The first-order valence-electron chi connectivity index (χ1n) is 20.0. The van der Waals surface area contributed by atoms with Crippen LogP contribution >= 0.6 is 0 Å². The number of imidazole rings is 2. The number of rotatable bonds is 11. The summed E-state index contributed by atoms with van der Waals surface area (Å²) in [5.41, 5.74) is 5.98. The van der Waals surface area contributed by atoms with Crippen LogP contribution in [0, 0.1) is 11.8 Å². The second-order valence-corrected chi connectivity index (χ2v) is 16.1. The van der Waals surface area contributed by atoms with E-state index in [0.717, 1.165) is 70.2 Å². The number of methoxy groups -OCH3 is 2. The molecule has 7 rings (SSSR count). The number of ether oxygens (including phenoxy) is 2. The quantitative estimate of drug-likeness (QED) is 0.0957. The van der Waals surface area contributed by atoms with Crippen LogP contribution in [0.3, 0.4) is 0 Å². The summed E-state index contributed by atoms with van der Waals surface area (Å²) in [4.78, 5) is 75.1. The smallest absolute Gasteiger partial charge is 0.407 e. The van der Waals surface area contributed by atoms with Gasteiger partial charge < -0.3 is 44.9 Å². The summed E-state index contributed by atoms with van der Waals surface area (Å²) >= 11 is 0. The molecule has 0 bridgehead atoms. The monoisotopic (exact) mass is 791 g/mol. The standard InChI is InChI=1S/C43H53N9O6/c1-24(2)34(49-41(55)57-6)38(53)51-20-8-10-33(51)37-45-22-31(47-37)27-13-11-26(12-14-27)28-15-16-30(36-29(28)17-19-44-36)32-23-46-40(48-32)43(5)18-9-21-52(43)39(54)35(25(3)4)50-42(56)58-7/h11-17,19,22-25,33-35,44H,8-10,18,20-21H2,1-7H3,(H,45,47)(H,46,48)(H,49,55)(H,50,56)/t33-,34-,35-,43-/m0/s1. The number of nitrogens with one attached hydrogen (secondary N) is 5. The summed E-state index contributed by atoms with van der Waals surface area (Å²) in [6.45, 7) is 10.8. The van der Waals surface area contributed by atoms with E-state index in [1.165, 1.54) is 14.2 Å². The van der Waals surface area contributed by atoms with Crippen molar-refractivity contribution in [3.05, 3.63) is 72.7 Å². The zero-order chi connectivity index (χ0) is 41.3. The van der Waals surface area contributed by atoms with E-state index < -0.39 is 29.8 Å². The maximum absolute atomic E-state index is 13.9. The molecule has 2 aliphatic heterocycles. The number of likely N-dealkylation sites (tertiary alicyclic amines) is 2. The highest BCUT2D eigenvalue weighted by atomic mass is 16.5. The van der Waals surface area contributed by atoms with Crippen molar-refractivity contribution in [1.82, 2.24) is 45.4 Å². The number of fused-ring (bicyclic) bond motifs is 1. The van der Waals surface area contributed by atoms with Gasteiger partial charge in [-0.1, -0.05) is 64.1 Å². The van der Waals surface area contributed by atoms with E-state index in [0.29, 0.717) is 24.7 Å². The molecule has 58 heavy (non-hydrogen) atoms. The van der Waals surface area contributed by atoms with Gasteiger partial charge in [-0.15, -0.1) is 0 Å². The maximum atomic E-state index is 13.9. The van der Waals surface area contributed by atoms with Crippen LogP contribution in [0.25, 0.3) is 44.5 Å². The van der Waals surface area contributed by atoms with Gasteiger partial charge in [0, 0.05) is 30.2 Å². The van der Waals surface area contributed by atoms with Crippen LogP contribution in [0.1, 0.15) is 78.0 Å². The lowest BCUT2D eigenvalue weighted by Crippen LogP contribution is -2.55. The molecule has 0 spiro atoms. The minimum absolute atomic E-state index is 0.112. The minimum Gasteiger partial charge on any atom is -0.453 e. The molecule has 15 nitrogen and oxygen atoms in total. The Labute approximate surface area is 337 Å². The Morgan fingerprint density at radius 2 is 1.41 bits per heavy atom. The van der Waals surface area contributed by atoms with Crippen LogP contribution in [0.4, 0.5) is 9.59 Å². The van der Waals surface area contributed by atoms with E-state index in [1.54, 1.807) is 6.20 Å². The van der Waals surface area contributed by atoms with Crippen molar-refractivity contribution in [1.29, 1.82) is 0 Å². The molecular weight excluding hydrogens is 739 g/mol. The third-order valence-electron chi connectivity index (χ3n) is 11.7. The highest BCUT2D eigenvalue weighted by Crippen LogP contribution is 2.41. The predicted molar refractivity (Wildman–Crippen MR) is 219 cm³/mol. The number of hydrogen-bond donors (Lipinski definition) is 5. The number of aromatic amines is 3. The molecule has 5 aromatic rings. The molecule has 0 saturated carbocycles. The molecular formula is C43H53N9O6. The van der Waals surface area contributed by atoms with Crippen molar-refractivity contribution >= 4 is 34.9 Å². The summed E-state index contributed by atoms with van der Waals surface area (Å²) in [6, 6.07) is 12.9. The molecule has 3 aromatic heterocycles. The number of alkyl carbamates (subject to hydrolysis) is 2. The van der Waals surface area contributed by atoms with E-state index in [2.05, 4.69) is 68.1 Å². The van der Waals surface area contributed by atoms with Crippen LogP contribution in [0.5, 0.6) is 0 Å². The second-order valence-electron chi connectivity index (χ2n) is 16.1. The highest BCUT2D eigenvalue weighted by Gasteiger charge is 2.46. The van der Waals surface area contributed by atoms with Gasteiger partial charge in [-0.05, 0) is 67.2 Å².